The van der Waals surface area contributed by atoms with Crippen molar-refractivity contribution in [1.29, 1.82) is 0 Å². The molecule has 0 aliphatic carbocycles. The average molecular weight is 298 g/mol. The number of amides is 1. The van der Waals surface area contributed by atoms with Gasteiger partial charge >= 0.3 is 0 Å². The van der Waals surface area contributed by atoms with Crippen molar-refractivity contribution in [3.8, 4) is 0 Å². The van der Waals surface area contributed by atoms with Gasteiger partial charge in [0.2, 0.25) is 0 Å². The summed E-state index contributed by atoms with van der Waals surface area (Å²) >= 11 is 0. The SMILES string of the molecule is CCCn1cc([N+](=O)[O-])cc1C(=O)NCCNCCOC. The predicted molar refractivity (Wildman–Crippen MR) is 78.5 cm³/mol. The highest BCUT2D eigenvalue weighted by Gasteiger charge is 2.18. The van der Waals surface area contributed by atoms with Gasteiger partial charge in [-0.05, 0) is 6.42 Å². The molecule has 0 spiro atoms. The summed E-state index contributed by atoms with van der Waals surface area (Å²) in [5, 5.41) is 16.6. The summed E-state index contributed by atoms with van der Waals surface area (Å²) in [5.74, 6) is -0.301. The molecule has 0 aliphatic heterocycles. The number of nitro groups is 1. The Morgan fingerprint density at radius 1 is 1.43 bits per heavy atom. The second kappa shape index (κ2) is 9.09. The fraction of sp³-hybridized carbons (Fsp3) is 0.615. The highest BCUT2D eigenvalue weighted by molar-refractivity contribution is 5.93. The largest absolute Gasteiger partial charge is 0.383 e. The maximum atomic E-state index is 12.1. The molecule has 1 rings (SSSR count). The summed E-state index contributed by atoms with van der Waals surface area (Å²) in [7, 11) is 1.62. The lowest BCUT2D eigenvalue weighted by molar-refractivity contribution is -0.384. The molecule has 0 saturated heterocycles. The first-order valence-corrected chi connectivity index (χ1v) is 6.92. The summed E-state index contributed by atoms with van der Waals surface area (Å²) in [6, 6.07) is 1.31. The topological polar surface area (TPSA) is 98.4 Å². The van der Waals surface area contributed by atoms with E-state index in [2.05, 4.69) is 10.6 Å². The Bertz CT molecular complexity index is 473. The average Bonchev–Trinajstić information content (AvgIpc) is 2.87. The van der Waals surface area contributed by atoms with Crippen LogP contribution in [-0.2, 0) is 11.3 Å². The molecule has 1 aromatic heterocycles. The van der Waals surface area contributed by atoms with Crippen molar-refractivity contribution in [2.24, 2.45) is 0 Å². The molecule has 8 nitrogen and oxygen atoms in total. The van der Waals surface area contributed by atoms with E-state index < -0.39 is 4.92 Å². The Hall–Kier alpha value is -1.93. The van der Waals surface area contributed by atoms with Gasteiger partial charge in [-0.25, -0.2) is 0 Å². The van der Waals surface area contributed by atoms with Gasteiger partial charge in [0.1, 0.15) is 5.69 Å². The summed E-state index contributed by atoms with van der Waals surface area (Å²) in [4.78, 5) is 22.4. The van der Waals surface area contributed by atoms with Crippen molar-refractivity contribution in [2.45, 2.75) is 19.9 Å². The highest BCUT2D eigenvalue weighted by Crippen LogP contribution is 2.16. The number of nitrogens with one attached hydrogen (secondary N) is 2. The summed E-state index contributed by atoms with van der Waals surface area (Å²) in [5.41, 5.74) is 0.257. The molecule has 1 heterocycles. The van der Waals surface area contributed by atoms with E-state index in [1.165, 1.54) is 12.3 Å². The number of nitrogens with zero attached hydrogens (tertiary/aromatic N) is 2. The third-order valence-corrected chi connectivity index (χ3v) is 2.86. The number of hydrogen-bond acceptors (Lipinski definition) is 5. The van der Waals surface area contributed by atoms with Gasteiger partial charge in [-0.1, -0.05) is 6.92 Å². The molecular formula is C13H22N4O4. The second-order valence-corrected chi connectivity index (χ2v) is 4.53. The fourth-order valence-corrected chi connectivity index (χ4v) is 1.87. The Kier molecular flexibility index (Phi) is 7.41. The van der Waals surface area contributed by atoms with Crippen LogP contribution in [0.3, 0.4) is 0 Å². The van der Waals surface area contributed by atoms with E-state index in [0.29, 0.717) is 38.5 Å². The summed E-state index contributed by atoms with van der Waals surface area (Å²) in [6.07, 6.45) is 2.19. The molecule has 0 atom stereocenters. The lowest BCUT2D eigenvalue weighted by atomic mass is 10.3. The molecule has 118 valence electrons. The van der Waals surface area contributed by atoms with Crippen molar-refractivity contribution in [3.05, 3.63) is 28.1 Å². The van der Waals surface area contributed by atoms with Crippen LogP contribution in [0.4, 0.5) is 5.69 Å². The number of methoxy groups -OCH3 is 1. The number of rotatable bonds is 10. The van der Waals surface area contributed by atoms with E-state index in [4.69, 9.17) is 4.74 Å². The molecule has 0 aromatic carbocycles. The van der Waals surface area contributed by atoms with E-state index in [1.807, 2.05) is 6.92 Å². The van der Waals surface area contributed by atoms with Crippen molar-refractivity contribution < 1.29 is 14.5 Å². The van der Waals surface area contributed by atoms with Gasteiger partial charge in [0.25, 0.3) is 11.6 Å². The minimum atomic E-state index is -0.491. The lowest BCUT2D eigenvalue weighted by Gasteiger charge is -2.08. The highest BCUT2D eigenvalue weighted by atomic mass is 16.6. The third kappa shape index (κ3) is 5.52. The van der Waals surface area contributed by atoms with Crippen molar-refractivity contribution in [1.82, 2.24) is 15.2 Å². The van der Waals surface area contributed by atoms with Crippen LogP contribution in [0.1, 0.15) is 23.8 Å². The van der Waals surface area contributed by atoms with Crippen LogP contribution in [0.5, 0.6) is 0 Å². The van der Waals surface area contributed by atoms with E-state index in [0.717, 1.165) is 6.42 Å². The molecule has 0 unspecified atom stereocenters. The van der Waals surface area contributed by atoms with Gasteiger partial charge in [0, 0.05) is 39.4 Å². The molecule has 21 heavy (non-hydrogen) atoms. The van der Waals surface area contributed by atoms with Crippen molar-refractivity contribution in [2.75, 3.05) is 33.4 Å². The van der Waals surface area contributed by atoms with Crippen LogP contribution in [0.15, 0.2) is 12.3 Å². The van der Waals surface area contributed by atoms with E-state index in [9.17, 15) is 14.9 Å². The molecule has 0 aliphatic rings. The zero-order valence-corrected chi connectivity index (χ0v) is 12.4. The summed E-state index contributed by atoms with van der Waals surface area (Å²) < 4.78 is 6.51. The van der Waals surface area contributed by atoms with Gasteiger partial charge in [-0.15, -0.1) is 0 Å². The first-order chi connectivity index (χ1) is 10.1. The normalized spacial score (nSPS) is 10.6. The van der Waals surface area contributed by atoms with E-state index in [1.54, 1.807) is 11.7 Å². The maximum Gasteiger partial charge on any atom is 0.287 e. The monoisotopic (exact) mass is 298 g/mol. The van der Waals surface area contributed by atoms with Gasteiger partial charge in [-0.3, -0.25) is 14.9 Å². The van der Waals surface area contributed by atoms with Gasteiger partial charge in [0.05, 0.1) is 17.7 Å². The fourth-order valence-electron chi connectivity index (χ4n) is 1.87. The van der Waals surface area contributed by atoms with Gasteiger partial charge in [0.15, 0.2) is 0 Å². The third-order valence-electron chi connectivity index (χ3n) is 2.86. The number of carbonyl (C=O) groups is 1. The molecule has 1 amide bonds. The predicted octanol–water partition coefficient (Wildman–Crippen LogP) is 0.772. The minimum absolute atomic E-state index is 0.0631. The summed E-state index contributed by atoms with van der Waals surface area (Å²) in [6.45, 7) is 4.92. The van der Waals surface area contributed by atoms with Crippen LogP contribution >= 0.6 is 0 Å². The van der Waals surface area contributed by atoms with Crippen molar-refractivity contribution >= 4 is 11.6 Å². The van der Waals surface area contributed by atoms with Gasteiger partial charge in [-0.2, -0.15) is 0 Å². The van der Waals surface area contributed by atoms with Crippen molar-refractivity contribution in [3.63, 3.8) is 0 Å². The van der Waals surface area contributed by atoms with Crippen LogP contribution < -0.4 is 10.6 Å². The van der Waals surface area contributed by atoms with Crippen LogP contribution in [0.25, 0.3) is 0 Å². The number of carbonyl (C=O) groups excluding carboxylic acids is 1. The van der Waals surface area contributed by atoms with Crippen LogP contribution in [0.2, 0.25) is 0 Å². The molecule has 0 saturated carbocycles. The minimum Gasteiger partial charge on any atom is -0.383 e. The molecule has 8 heteroatoms. The maximum absolute atomic E-state index is 12.1. The Morgan fingerprint density at radius 3 is 2.81 bits per heavy atom. The standard InChI is InChI=1S/C13H22N4O4/c1-3-7-16-10-11(17(19)20)9-12(16)13(18)15-5-4-14-6-8-21-2/h9-10,14H,3-8H2,1-2H3,(H,15,18). The molecular weight excluding hydrogens is 276 g/mol. The molecule has 0 bridgehead atoms. The lowest BCUT2D eigenvalue weighted by Crippen LogP contribution is -2.34. The molecule has 1 aromatic rings. The van der Waals surface area contributed by atoms with E-state index >= 15 is 0 Å². The number of hydrogen-bond donors (Lipinski definition) is 2. The first kappa shape index (κ1) is 17.1. The number of ether oxygens (including phenoxy) is 1. The molecule has 2 N–H and O–H groups in total. The Balaban J connectivity index is 2.54. The molecule has 0 radical (unpaired) electrons. The smallest absolute Gasteiger partial charge is 0.287 e. The zero-order chi connectivity index (χ0) is 15.7. The van der Waals surface area contributed by atoms with E-state index in [-0.39, 0.29) is 11.6 Å². The Morgan fingerprint density at radius 2 is 2.19 bits per heavy atom. The van der Waals surface area contributed by atoms with Gasteiger partial charge < -0.3 is 19.9 Å². The second-order valence-electron chi connectivity index (χ2n) is 4.53. The molecule has 0 fully saturated rings. The number of aryl methyl sites for hydroxylation is 1. The van der Waals surface area contributed by atoms with Crippen LogP contribution in [0, 0.1) is 10.1 Å². The zero-order valence-electron chi connectivity index (χ0n) is 12.4. The van der Waals surface area contributed by atoms with Crippen LogP contribution in [-0.4, -0.2) is 48.7 Å². The number of aromatic nitrogens is 1. The first-order valence-electron chi connectivity index (χ1n) is 6.92. The Labute approximate surface area is 123 Å². The quantitative estimate of drug-likeness (QED) is 0.378.